The Morgan fingerprint density at radius 1 is 1.44 bits per heavy atom. The maximum Gasteiger partial charge on any atom is 0.405 e. The average Bonchev–Trinajstić information content (AvgIpc) is 2.14. The van der Waals surface area contributed by atoms with E-state index in [4.69, 9.17) is 11.6 Å². The minimum atomic E-state index is -4.44. The van der Waals surface area contributed by atoms with Crippen molar-refractivity contribution >= 4 is 23.0 Å². The predicted molar refractivity (Wildman–Crippen MR) is 52.7 cm³/mol. The number of nitro groups is 1. The third-order valence-corrected chi connectivity index (χ3v) is 1.87. The zero-order chi connectivity index (χ0) is 12.3. The van der Waals surface area contributed by atoms with Crippen molar-refractivity contribution in [3.05, 3.63) is 33.3 Å². The van der Waals surface area contributed by atoms with Gasteiger partial charge < -0.3 is 5.32 Å². The fourth-order valence-corrected chi connectivity index (χ4v) is 1.17. The Bertz CT molecular complexity index is 409. The Kier molecular flexibility index (Phi) is 3.58. The molecule has 0 aliphatic heterocycles. The molecule has 8 heteroatoms. The van der Waals surface area contributed by atoms with Gasteiger partial charge in [-0.25, -0.2) is 0 Å². The molecule has 0 unspecified atom stereocenters. The summed E-state index contributed by atoms with van der Waals surface area (Å²) in [6, 6.07) is 3.39. The molecule has 0 spiro atoms. The van der Waals surface area contributed by atoms with Crippen LogP contribution in [0.5, 0.6) is 0 Å². The van der Waals surface area contributed by atoms with E-state index in [-0.39, 0.29) is 10.7 Å². The molecule has 0 saturated carbocycles. The van der Waals surface area contributed by atoms with Gasteiger partial charge in [-0.05, 0) is 12.1 Å². The number of benzene rings is 1. The first-order valence-electron chi connectivity index (χ1n) is 4.04. The quantitative estimate of drug-likeness (QED) is 0.665. The number of rotatable bonds is 3. The molecule has 4 nitrogen and oxygen atoms in total. The average molecular weight is 255 g/mol. The molecule has 1 rings (SSSR count). The minimum absolute atomic E-state index is 0.0873. The van der Waals surface area contributed by atoms with Crippen molar-refractivity contribution < 1.29 is 18.1 Å². The first-order valence-corrected chi connectivity index (χ1v) is 4.42. The highest BCUT2D eigenvalue weighted by Gasteiger charge is 2.28. The lowest BCUT2D eigenvalue weighted by Gasteiger charge is -2.09. The number of hydrogen-bond donors (Lipinski definition) is 1. The van der Waals surface area contributed by atoms with Crippen LogP contribution >= 0.6 is 11.6 Å². The lowest BCUT2D eigenvalue weighted by atomic mass is 10.2. The van der Waals surface area contributed by atoms with E-state index in [9.17, 15) is 23.3 Å². The number of anilines is 1. The number of hydrogen-bond acceptors (Lipinski definition) is 3. The lowest BCUT2D eigenvalue weighted by Crippen LogP contribution is -2.21. The van der Waals surface area contributed by atoms with E-state index in [1.54, 1.807) is 0 Å². The SMILES string of the molecule is O=[N+]([O-])c1cc(Cl)ccc1NCC(F)(F)F. The van der Waals surface area contributed by atoms with E-state index < -0.39 is 23.3 Å². The Balaban J connectivity index is 2.91. The molecule has 88 valence electrons. The summed E-state index contributed by atoms with van der Waals surface area (Å²) in [4.78, 5) is 9.72. The molecule has 0 atom stereocenters. The van der Waals surface area contributed by atoms with E-state index in [0.717, 1.165) is 12.1 Å². The Morgan fingerprint density at radius 2 is 2.06 bits per heavy atom. The second-order valence-electron chi connectivity index (χ2n) is 2.89. The number of nitrogens with zero attached hydrogens (tertiary/aromatic N) is 1. The Hall–Kier alpha value is -1.50. The van der Waals surface area contributed by atoms with E-state index in [0.29, 0.717) is 0 Å². The van der Waals surface area contributed by atoms with Gasteiger partial charge in [-0.1, -0.05) is 11.6 Å². The number of alkyl halides is 3. The third-order valence-electron chi connectivity index (χ3n) is 1.64. The van der Waals surface area contributed by atoms with Crippen LogP contribution in [-0.4, -0.2) is 17.6 Å². The van der Waals surface area contributed by atoms with Gasteiger partial charge in [0.2, 0.25) is 0 Å². The highest BCUT2D eigenvalue weighted by atomic mass is 35.5. The van der Waals surface area contributed by atoms with Gasteiger partial charge >= 0.3 is 6.18 Å². The second-order valence-corrected chi connectivity index (χ2v) is 3.32. The Morgan fingerprint density at radius 3 is 2.56 bits per heavy atom. The number of nitro benzene ring substituents is 1. The van der Waals surface area contributed by atoms with E-state index in [1.807, 2.05) is 5.32 Å². The van der Waals surface area contributed by atoms with Gasteiger partial charge in [0.05, 0.1) is 4.92 Å². The molecule has 1 aromatic carbocycles. The summed E-state index contributed by atoms with van der Waals surface area (Å²) in [5.41, 5.74) is -0.705. The summed E-state index contributed by atoms with van der Waals surface area (Å²) in [6.45, 7) is -1.34. The zero-order valence-electron chi connectivity index (χ0n) is 7.71. The van der Waals surface area contributed by atoms with E-state index >= 15 is 0 Å². The normalized spacial score (nSPS) is 11.2. The monoisotopic (exact) mass is 254 g/mol. The highest BCUT2D eigenvalue weighted by molar-refractivity contribution is 6.30. The van der Waals surface area contributed by atoms with Gasteiger partial charge in [-0.2, -0.15) is 13.2 Å². The van der Waals surface area contributed by atoms with Gasteiger partial charge in [-0.15, -0.1) is 0 Å². The molecule has 0 aromatic heterocycles. The van der Waals surface area contributed by atoms with Gasteiger partial charge in [0.15, 0.2) is 0 Å². The van der Waals surface area contributed by atoms with E-state index in [1.165, 1.54) is 6.07 Å². The molecule has 0 aliphatic rings. The van der Waals surface area contributed by atoms with Crippen molar-refractivity contribution in [2.45, 2.75) is 6.18 Å². The van der Waals surface area contributed by atoms with Crippen LogP contribution in [0, 0.1) is 10.1 Å². The summed E-state index contributed by atoms with van der Waals surface area (Å²) < 4.78 is 35.7. The lowest BCUT2D eigenvalue weighted by molar-refractivity contribution is -0.384. The highest BCUT2D eigenvalue weighted by Crippen LogP contribution is 2.28. The summed E-state index contributed by atoms with van der Waals surface area (Å²) in [6.07, 6.45) is -4.44. The second kappa shape index (κ2) is 4.56. The minimum Gasteiger partial charge on any atom is -0.371 e. The molecular formula is C8H6ClF3N2O2. The van der Waals surface area contributed by atoms with Crippen LogP contribution in [0.2, 0.25) is 5.02 Å². The van der Waals surface area contributed by atoms with Gasteiger partial charge in [0.25, 0.3) is 5.69 Å². The molecular weight excluding hydrogens is 249 g/mol. The van der Waals surface area contributed by atoms with Crippen LogP contribution in [0.1, 0.15) is 0 Å². The van der Waals surface area contributed by atoms with Crippen LogP contribution in [0.4, 0.5) is 24.5 Å². The van der Waals surface area contributed by atoms with Crippen LogP contribution in [0.15, 0.2) is 18.2 Å². The van der Waals surface area contributed by atoms with Gasteiger partial charge in [0, 0.05) is 11.1 Å². The number of nitrogens with one attached hydrogen (secondary N) is 1. The topological polar surface area (TPSA) is 55.2 Å². The molecule has 1 N–H and O–H groups in total. The zero-order valence-corrected chi connectivity index (χ0v) is 8.47. The fraction of sp³-hybridized carbons (Fsp3) is 0.250. The van der Waals surface area contributed by atoms with Crippen molar-refractivity contribution in [3.8, 4) is 0 Å². The fourth-order valence-electron chi connectivity index (χ4n) is 1.00. The molecule has 0 amide bonds. The molecule has 0 saturated heterocycles. The molecule has 0 fully saturated rings. The maximum absolute atomic E-state index is 11.9. The summed E-state index contributed by atoms with van der Waals surface area (Å²) in [7, 11) is 0. The van der Waals surface area contributed by atoms with Crippen LogP contribution < -0.4 is 5.32 Å². The summed E-state index contributed by atoms with van der Waals surface area (Å²) in [5.74, 6) is 0. The molecule has 0 heterocycles. The molecule has 0 bridgehead atoms. The summed E-state index contributed by atoms with van der Waals surface area (Å²) in [5, 5.41) is 12.5. The Labute approximate surface area is 93.2 Å². The van der Waals surface area contributed by atoms with Crippen LogP contribution in [0.25, 0.3) is 0 Å². The van der Waals surface area contributed by atoms with Gasteiger partial charge in [0.1, 0.15) is 12.2 Å². The van der Waals surface area contributed by atoms with Crippen LogP contribution in [-0.2, 0) is 0 Å². The molecule has 1 aromatic rings. The maximum atomic E-state index is 11.9. The van der Waals surface area contributed by atoms with Crippen LogP contribution in [0.3, 0.4) is 0 Å². The third kappa shape index (κ3) is 3.58. The predicted octanol–water partition coefficient (Wildman–Crippen LogP) is 3.22. The standard InChI is InChI=1S/C8H6ClF3N2O2/c9-5-1-2-6(7(3-5)14(15)16)13-4-8(10,11)12/h1-3,13H,4H2. The van der Waals surface area contributed by atoms with Crippen molar-refractivity contribution in [1.29, 1.82) is 0 Å². The smallest absolute Gasteiger partial charge is 0.371 e. The first kappa shape index (κ1) is 12.6. The van der Waals surface area contributed by atoms with Crippen molar-refractivity contribution in [3.63, 3.8) is 0 Å². The van der Waals surface area contributed by atoms with Gasteiger partial charge in [-0.3, -0.25) is 10.1 Å². The van der Waals surface area contributed by atoms with Crippen molar-refractivity contribution in [2.75, 3.05) is 11.9 Å². The van der Waals surface area contributed by atoms with Crippen molar-refractivity contribution in [2.24, 2.45) is 0 Å². The van der Waals surface area contributed by atoms with Crippen molar-refractivity contribution in [1.82, 2.24) is 0 Å². The first-order chi connectivity index (χ1) is 7.29. The summed E-state index contributed by atoms with van der Waals surface area (Å²) >= 11 is 5.50. The van der Waals surface area contributed by atoms with E-state index in [2.05, 4.69) is 0 Å². The largest absolute Gasteiger partial charge is 0.405 e. The molecule has 0 aliphatic carbocycles. The molecule has 0 radical (unpaired) electrons. The molecule has 16 heavy (non-hydrogen) atoms. The number of halogens is 4.